The molecule has 0 amide bonds. The third-order valence-electron chi connectivity index (χ3n) is 9.02. The van der Waals surface area contributed by atoms with Gasteiger partial charge >= 0.3 is 5.97 Å². The normalized spacial score (nSPS) is 14.6. The first-order chi connectivity index (χ1) is 25.1. The van der Waals surface area contributed by atoms with Crippen LogP contribution >= 0.6 is 23.2 Å². The number of halogens is 3. The van der Waals surface area contributed by atoms with Gasteiger partial charge in [-0.2, -0.15) is 0 Å². The Morgan fingerprint density at radius 1 is 1.06 bits per heavy atom. The first-order valence-corrected chi connectivity index (χ1v) is 18.0. The summed E-state index contributed by atoms with van der Waals surface area (Å²) in [6.45, 7) is 5.70. The van der Waals surface area contributed by atoms with Crippen molar-refractivity contribution in [2.45, 2.75) is 51.9 Å². The van der Waals surface area contributed by atoms with E-state index in [9.17, 15) is 15.0 Å². The second-order valence-electron chi connectivity index (χ2n) is 12.9. The van der Waals surface area contributed by atoms with Crippen molar-refractivity contribution in [2.24, 2.45) is 0 Å². The molecule has 12 heteroatoms. The fourth-order valence-electron chi connectivity index (χ4n) is 6.44. The Hall–Kier alpha value is -4.29. The Balaban J connectivity index is 1.21. The number of rotatable bonds is 13. The van der Waals surface area contributed by atoms with Gasteiger partial charge in [-0.3, -0.25) is 30.0 Å². The zero-order chi connectivity index (χ0) is 36.8. The number of aromatic nitrogens is 3. The van der Waals surface area contributed by atoms with Crippen LogP contribution in [0.2, 0.25) is 10.0 Å². The summed E-state index contributed by atoms with van der Waals surface area (Å²) in [4.78, 5) is 27.9. The van der Waals surface area contributed by atoms with Crippen molar-refractivity contribution in [3.63, 3.8) is 0 Å². The zero-order valence-corrected chi connectivity index (χ0v) is 30.5. The van der Waals surface area contributed by atoms with E-state index in [1.54, 1.807) is 44.6 Å². The molecule has 0 bridgehead atoms. The monoisotopic (exact) mass is 743 g/mol. The van der Waals surface area contributed by atoms with Crippen LogP contribution in [0.5, 0.6) is 0 Å². The molecule has 0 spiro atoms. The van der Waals surface area contributed by atoms with Crippen LogP contribution in [0.15, 0.2) is 73.2 Å². The lowest BCUT2D eigenvalue weighted by atomic mass is 9.97. The van der Waals surface area contributed by atoms with Gasteiger partial charge in [0.25, 0.3) is 0 Å². The van der Waals surface area contributed by atoms with Crippen molar-refractivity contribution in [2.75, 3.05) is 26.3 Å². The van der Waals surface area contributed by atoms with Gasteiger partial charge in [-0.25, -0.2) is 4.39 Å². The molecule has 0 fully saturated rings. The molecule has 3 aromatic heterocycles. The molecule has 0 unspecified atom stereocenters. The second-order valence-corrected chi connectivity index (χ2v) is 13.6. The number of nitrogens with zero attached hydrogens (tertiary/aromatic N) is 4. The van der Waals surface area contributed by atoms with Crippen LogP contribution in [0.3, 0.4) is 0 Å². The van der Waals surface area contributed by atoms with Gasteiger partial charge in [-0.15, -0.1) is 0 Å². The van der Waals surface area contributed by atoms with Crippen LogP contribution in [-0.4, -0.2) is 74.5 Å². The Labute approximate surface area is 312 Å². The number of carbonyl (C=O) groups is 1. The van der Waals surface area contributed by atoms with E-state index in [-0.39, 0.29) is 18.9 Å². The summed E-state index contributed by atoms with van der Waals surface area (Å²) in [6.07, 6.45) is 7.28. The number of aliphatic hydroxyl groups is 2. The molecule has 270 valence electrons. The second kappa shape index (κ2) is 17.0. The third kappa shape index (κ3) is 8.66. The van der Waals surface area contributed by atoms with E-state index in [4.69, 9.17) is 27.9 Å². The number of pyridine rings is 3. The van der Waals surface area contributed by atoms with Crippen LogP contribution in [0.25, 0.3) is 33.9 Å². The fourth-order valence-corrected chi connectivity index (χ4v) is 7.02. The number of hydrogen-bond acceptors (Lipinski definition) is 9. The highest BCUT2D eigenvalue weighted by atomic mass is 35.5. The molecule has 2 aromatic carbocycles. The number of fused-ring (bicyclic) bond motifs is 2. The largest absolute Gasteiger partial charge is 0.465 e. The maximum atomic E-state index is 15.7. The first kappa shape index (κ1) is 37.5. The van der Waals surface area contributed by atoms with E-state index in [2.05, 4.69) is 25.2 Å². The highest BCUT2D eigenvalue weighted by molar-refractivity contribution is 6.37. The standard InChI is InChI=1S/C40H40Cl2FN5O4/c1-3-52-40(51)36(23-49)45-18-25-14-29-10-12-44-35(39(29)47-19-25)17-28-7-5-9-32(38(28)42)31-8-4-6-27(37(31)41)15-33(43)34-16-26-11-13-48(21-24(2)50)22-30(26)20-46-34/h4-10,12,14-16,19-20,24,36,45,49-50H,3,11,13,17-18,21-23H2,1-2H3/b33-15-/t24-,36-/m1/s1. The number of aliphatic hydroxyl groups excluding tert-OH is 2. The van der Waals surface area contributed by atoms with Gasteiger partial charge in [-0.05, 0) is 72.4 Å². The Morgan fingerprint density at radius 2 is 1.85 bits per heavy atom. The molecular formula is C40H40Cl2FN5O4. The van der Waals surface area contributed by atoms with Crippen LogP contribution in [0.1, 0.15) is 53.1 Å². The molecule has 0 saturated carbocycles. The van der Waals surface area contributed by atoms with Gasteiger partial charge in [0.1, 0.15) is 11.9 Å². The fraction of sp³-hybridized carbons (Fsp3) is 0.300. The summed E-state index contributed by atoms with van der Waals surface area (Å²) in [7, 11) is 0. The summed E-state index contributed by atoms with van der Waals surface area (Å²) in [5.74, 6) is -1.000. The summed E-state index contributed by atoms with van der Waals surface area (Å²) in [5, 5.41) is 24.1. The molecule has 5 aromatic rings. The van der Waals surface area contributed by atoms with Crippen molar-refractivity contribution in [1.29, 1.82) is 0 Å². The van der Waals surface area contributed by atoms with Crippen molar-refractivity contribution < 1.29 is 24.1 Å². The molecule has 0 radical (unpaired) electrons. The van der Waals surface area contributed by atoms with E-state index < -0.39 is 23.9 Å². The summed E-state index contributed by atoms with van der Waals surface area (Å²) >= 11 is 14.0. The third-order valence-corrected chi connectivity index (χ3v) is 9.88. The number of esters is 1. The molecular weight excluding hydrogens is 704 g/mol. The zero-order valence-electron chi connectivity index (χ0n) is 29.0. The van der Waals surface area contributed by atoms with Crippen molar-refractivity contribution in [1.82, 2.24) is 25.2 Å². The molecule has 0 saturated heterocycles. The van der Waals surface area contributed by atoms with Crippen LogP contribution in [0.4, 0.5) is 4.39 Å². The molecule has 3 N–H and O–H groups in total. The van der Waals surface area contributed by atoms with Gasteiger partial charge in [0.2, 0.25) is 0 Å². The van der Waals surface area contributed by atoms with Gasteiger partial charge in [0.05, 0.1) is 46.3 Å². The van der Waals surface area contributed by atoms with E-state index in [0.717, 1.165) is 46.3 Å². The molecule has 1 aliphatic heterocycles. The Morgan fingerprint density at radius 3 is 2.62 bits per heavy atom. The lowest BCUT2D eigenvalue weighted by molar-refractivity contribution is -0.146. The Bertz CT molecular complexity index is 2110. The van der Waals surface area contributed by atoms with E-state index in [0.29, 0.717) is 58.3 Å². The predicted octanol–water partition coefficient (Wildman–Crippen LogP) is 6.81. The average molecular weight is 745 g/mol. The van der Waals surface area contributed by atoms with Gasteiger partial charge in [-0.1, -0.05) is 59.6 Å². The molecule has 52 heavy (non-hydrogen) atoms. The SMILES string of the molecule is CCOC(=O)[C@@H](CO)NCc1cnc2c(Cc3cccc(-c4cccc(/C=C(\F)c5cc6c(cn5)CN(C[C@@H](C)O)CC6)c4Cl)c3Cl)nccc2c1. The van der Waals surface area contributed by atoms with Crippen LogP contribution < -0.4 is 5.32 Å². The smallest absolute Gasteiger partial charge is 0.325 e. The molecule has 2 atom stereocenters. The molecule has 9 nitrogen and oxygen atoms in total. The minimum Gasteiger partial charge on any atom is -0.465 e. The Kier molecular flexibility index (Phi) is 12.3. The lowest BCUT2D eigenvalue weighted by Gasteiger charge is -2.29. The average Bonchev–Trinajstić information content (AvgIpc) is 3.13. The number of benzene rings is 2. The van der Waals surface area contributed by atoms with Crippen LogP contribution in [-0.2, 0) is 35.5 Å². The first-order valence-electron chi connectivity index (χ1n) is 17.2. The van der Waals surface area contributed by atoms with Crippen molar-refractivity contribution in [3.05, 3.63) is 122 Å². The van der Waals surface area contributed by atoms with Gasteiger partial charge in [0.15, 0.2) is 0 Å². The lowest BCUT2D eigenvalue weighted by Crippen LogP contribution is -2.40. The molecule has 6 rings (SSSR count). The summed E-state index contributed by atoms with van der Waals surface area (Å²) in [5.41, 5.74) is 7.29. The number of β-amino-alcohol motifs (C(OH)–C–C–N with tert-alkyl or cyclic N) is 1. The summed E-state index contributed by atoms with van der Waals surface area (Å²) < 4.78 is 20.7. The van der Waals surface area contributed by atoms with Crippen molar-refractivity contribution in [3.8, 4) is 11.1 Å². The summed E-state index contributed by atoms with van der Waals surface area (Å²) in [6, 6.07) is 15.9. The quantitative estimate of drug-likeness (QED) is 0.112. The maximum absolute atomic E-state index is 15.7. The minimum absolute atomic E-state index is 0.232. The molecule has 0 aliphatic carbocycles. The van der Waals surface area contributed by atoms with E-state index in [1.165, 1.54) is 6.08 Å². The van der Waals surface area contributed by atoms with Crippen molar-refractivity contribution >= 4 is 52.0 Å². The predicted molar refractivity (Wildman–Crippen MR) is 202 cm³/mol. The van der Waals surface area contributed by atoms with E-state index in [1.807, 2.05) is 42.5 Å². The molecule has 4 heterocycles. The van der Waals surface area contributed by atoms with Crippen LogP contribution in [0, 0.1) is 0 Å². The highest BCUT2D eigenvalue weighted by Gasteiger charge is 2.21. The minimum atomic E-state index is -0.830. The number of hydrogen-bond donors (Lipinski definition) is 3. The van der Waals surface area contributed by atoms with Gasteiger partial charge < -0.3 is 14.9 Å². The maximum Gasteiger partial charge on any atom is 0.325 e. The number of ether oxygens (including phenoxy) is 1. The highest BCUT2D eigenvalue weighted by Crippen LogP contribution is 2.39. The van der Waals surface area contributed by atoms with Gasteiger partial charge in [0, 0.05) is 67.7 Å². The number of nitrogens with one attached hydrogen (secondary N) is 1. The topological polar surface area (TPSA) is 121 Å². The van der Waals surface area contributed by atoms with E-state index >= 15 is 4.39 Å². The molecule has 1 aliphatic rings. The number of carbonyl (C=O) groups excluding carboxylic acids is 1.